The first-order valence-electron chi connectivity index (χ1n) is 12.4. The van der Waals surface area contributed by atoms with Gasteiger partial charge in [0.05, 0.1) is 11.7 Å². The van der Waals surface area contributed by atoms with E-state index in [-0.39, 0.29) is 5.60 Å². The quantitative estimate of drug-likeness (QED) is 0.392. The number of hydrogen-bond acceptors (Lipinski definition) is 2. The second kappa shape index (κ2) is 11.7. The Bertz CT molecular complexity index is 682. The second-order valence-electron chi connectivity index (χ2n) is 9.75. The summed E-state index contributed by atoms with van der Waals surface area (Å²) >= 11 is 0. The molecule has 0 saturated heterocycles. The van der Waals surface area contributed by atoms with Crippen LogP contribution in [0.25, 0.3) is 0 Å². The zero-order valence-corrected chi connectivity index (χ0v) is 19.2. The molecule has 0 radical (unpaired) electrons. The first-order chi connectivity index (χ1) is 14.7. The van der Waals surface area contributed by atoms with E-state index in [1.165, 1.54) is 76.2 Å². The summed E-state index contributed by atoms with van der Waals surface area (Å²) in [5.74, 6) is 2.58. The minimum Gasteiger partial charge on any atom is -0.378 e. The molecule has 3 rings (SSSR count). The number of nitrogens with zero attached hydrogens (tertiary/aromatic N) is 1. The van der Waals surface area contributed by atoms with Gasteiger partial charge in [-0.05, 0) is 106 Å². The van der Waals surface area contributed by atoms with Gasteiger partial charge in [0, 0.05) is 13.2 Å². The number of benzene rings is 1. The Balaban J connectivity index is 1.44. The molecule has 0 heterocycles. The molecule has 164 valence electrons. The van der Waals surface area contributed by atoms with Crippen LogP contribution in [0.1, 0.15) is 101 Å². The third-order valence-corrected chi connectivity index (χ3v) is 8.04. The molecule has 1 aromatic rings. The number of ether oxygens (including phenoxy) is 1. The van der Waals surface area contributed by atoms with Gasteiger partial charge in [-0.25, -0.2) is 0 Å². The lowest BCUT2D eigenvalue weighted by Crippen LogP contribution is -2.38. The standard InChI is InChI=1S/C28H41NO/c1-3-4-8-23-9-11-24(12-10-23)25-13-15-26(16-14-25)27-17-20-28(30-2,21-18-27)19-6-5-7-22-29/h5,7,9-12,25-27H,3-4,6,8,13-21H2,1-2H3. The van der Waals surface area contributed by atoms with Crippen LogP contribution in [0.5, 0.6) is 0 Å². The van der Waals surface area contributed by atoms with E-state index in [1.54, 1.807) is 11.6 Å². The number of hydrogen-bond donors (Lipinski definition) is 0. The largest absolute Gasteiger partial charge is 0.378 e. The Morgan fingerprint density at radius 3 is 2.30 bits per heavy atom. The van der Waals surface area contributed by atoms with Crippen LogP contribution in [0.3, 0.4) is 0 Å². The van der Waals surface area contributed by atoms with Crippen LogP contribution >= 0.6 is 0 Å². The van der Waals surface area contributed by atoms with Crippen molar-refractivity contribution in [3.05, 3.63) is 47.5 Å². The van der Waals surface area contributed by atoms with Crippen molar-refractivity contribution in [2.24, 2.45) is 11.8 Å². The maximum Gasteiger partial charge on any atom is 0.0908 e. The molecule has 0 spiro atoms. The fraction of sp³-hybridized carbons (Fsp3) is 0.679. The SMILES string of the molecule is CCCCc1ccc(C2CCC(C3CCC(CCC=CC#N)(OC)CC3)CC2)cc1. The number of allylic oxidation sites excluding steroid dienone is 2. The molecule has 0 atom stereocenters. The van der Waals surface area contributed by atoms with E-state index < -0.39 is 0 Å². The molecule has 0 aromatic heterocycles. The topological polar surface area (TPSA) is 33.0 Å². The van der Waals surface area contributed by atoms with Crippen LogP contribution in [0.15, 0.2) is 36.4 Å². The Kier molecular flexibility index (Phi) is 9.01. The molecule has 0 bridgehead atoms. The number of rotatable bonds is 9. The highest BCUT2D eigenvalue weighted by Crippen LogP contribution is 2.46. The fourth-order valence-corrected chi connectivity index (χ4v) is 5.94. The molecule has 0 amide bonds. The van der Waals surface area contributed by atoms with Gasteiger partial charge in [0.1, 0.15) is 0 Å². The van der Waals surface area contributed by atoms with Crippen LogP contribution < -0.4 is 0 Å². The molecule has 0 unspecified atom stereocenters. The highest BCUT2D eigenvalue weighted by Gasteiger charge is 2.38. The van der Waals surface area contributed by atoms with Crippen molar-refractivity contribution in [1.82, 2.24) is 0 Å². The van der Waals surface area contributed by atoms with Gasteiger partial charge in [-0.15, -0.1) is 0 Å². The van der Waals surface area contributed by atoms with Crippen LogP contribution in [0.2, 0.25) is 0 Å². The smallest absolute Gasteiger partial charge is 0.0908 e. The maximum absolute atomic E-state index is 8.67. The average molecular weight is 408 g/mol. The van der Waals surface area contributed by atoms with Gasteiger partial charge in [0.2, 0.25) is 0 Å². The summed E-state index contributed by atoms with van der Waals surface area (Å²) in [6.07, 6.45) is 19.9. The summed E-state index contributed by atoms with van der Waals surface area (Å²) < 4.78 is 5.99. The van der Waals surface area contributed by atoms with Crippen molar-refractivity contribution in [3.63, 3.8) is 0 Å². The van der Waals surface area contributed by atoms with Gasteiger partial charge < -0.3 is 4.74 Å². The van der Waals surface area contributed by atoms with Crippen molar-refractivity contribution >= 4 is 0 Å². The molecule has 2 heteroatoms. The predicted molar refractivity (Wildman–Crippen MR) is 125 cm³/mol. The monoisotopic (exact) mass is 407 g/mol. The molecule has 2 aliphatic rings. The van der Waals surface area contributed by atoms with E-state index >= 15 is 0 Å². The van der Waals surface area contributed by atoms with E-state index in [1.807, 2.05) is 13.2 Å². The van der Waals surface area contributed by atoms with Gasteiger partial charge in [-0.2, -0.15) is 5.26 Å². The average Bonchev–Trinajstić information content (AvgIpc) is 2.81. The molecule has 2 aliphatic carbocycles. The molecular weight excluding hydrogens is 366 g/mol. The van der Waals surface area contributed by atoms with Gasteiger partial charge in [-0.3, -0.25) is 0 Å². The molecule has 0 N–H and O–H groups in total. The van der Waals surface area contributed by atoms with E-state index in [0.29, 0.717) is 0 Å². The predicted octanol–water partition coefficient (Wildman–Crippen LogP) is 7.74. The minimum absolute atomic E-state index is 0.0486. The Hall–Kier alpha value is -1.59. The third kappa shape index (κ3) is 6.21. The zero-order valence-electron chi connectivity index (χ0n) is 19.2. The Morgan fingerprint density at radius 1 is 1.03 bits per heavy atom. The number of aryl methyl sites for hydroxylation is 1. The third-order valence-electron chi connectivity index (χ3n) is 8.04. The zero-order chi connectivity index (χ0) is 21.2. The lowest BCUT2D eigenvalue weighted by atomic mass is 9.66. The first kappa shape index (κ1) is 23.1. The highest BCUT2D eigenvalue weighted by atomic mass is 16.5. The van der Waals surface area contributed by atoms with E-state index in [9.17, 15) is 0 Å². The highest BCUT2D eigenvalue weighted by molar-refractivity contribution is 5.26. The molecule has 0 aliphatic heterocycles. The molecule has 30 heavy (non-hydrogen) atoms. The molecule has 2 fully saturated rings. The summed E-state index contributed by atoms with van der Waals surface area (Å²) in [7, 11) is 1.88. The molecule has 1 aromatic carbocycles. The molecule has 2 saturated carbocycles. The summed E-state index contributed by atoms with van der Waals surface area (Å²) in [5, 5.41) is 8.67. The van der Waals surface area contributed by atoms with Gasteiger partial charge in [0.15, 0.2) is 0 Å². The lowest BCUT2D eigenvalue weighted by Gasteiger charge is -2.43. The van der Waals surface area contributed by atoms with Crippen LogP contribution in [-0.2, 0) is 11.2 Å². The van der Waals surface area contributed by atoms with Crippen molar-refractivity contribution in [2.45, 2.75) is 102 Å². The fourth-order valence-electron chi connectivity index (χ4n) is 5.94. The van der Waals surface area contributed by atoms with Crippen LogP contribution in [0.4, 0.5) is 0 Å². The molecule has 2 nitrogen and oxygen atoms in total. The number of nitriles is 1. The normalized spacial score (nSPS) is 29.7. The van der Waals surface area contributed by atoms with Crippen LogP contribution in [0, 0.1) is 23.2 Å². The van der Waals surface area contributed by atoms with Crippen molar-refractivity contribution in [3.8, 4) is 6.07 Å². The second-order valence-corrected chi connectivity index (χ2v) is 9.75. The number of methoxy groups -OCH3 is 1. The van der Waals surface area contributed by atoms with Gasteiger partial charge in [0.25, 0.3) is 0 Å². The summed E-state index contributed by atoms with van der Waals surface area (Å²) in [6.45, 7) is 2.27. The van der Waals surface area contributed by atoms with Crippen molar-refractivity contribution in [2.75, 3.05) is 7.11 Å². The summed E-state index contributed by atoms with van der Waals surface area (Å²) in [5.41, 5.74) is 3.12. The summed E-state index contributed by atoms with van der Waals surface area (Å²) in [6, 6.07) is 11.6. The Labute approximate surface area is 184 Å². The lowest BCUT2D eigenvalue weighted by molar-refractivity contribution is -0.0614. The van der Waals surface area contributed by atoms with Crippen molar-refractivity contribution in [1.29, 1.82) is 5.26 Å². The maximum atomic E-state index is 8.67. The van der Waals surface area contributed by atoms with E-state index in [2.05, 4.69) is 37.3 Å². The summed E-state index contributed by atoms with van der Waals surface area (Å²) in [4.78, 5) is 0. The van der Waals surface area contributed by atoms with Gasteiger partial charge in [-0.1, -0.05) is 43.7 Å². The number of unbranched alkanes of at least 4 members (excludes halogenated alkanes) is 1. The van der Waals surface area contributed by atoms with E-state index in [0.717, 1.165) is 30.6 Å². The van der Waals surface area contributed by atoms with Crippen LogP contribution in [-0.4, -0.2) is 12.7 Å². The van der Waals surface area contributed by atoms with E-state index in [4.69, 9.17) is 10.00 Å². The van der Waals surface area contributed by atoms with Crippen molar-refractivity contribution < 1.29 is 4.74 Å². The Morgan fingerprint density at radius 2 is 1.70 bits per heavy atom. The molecular formula is C28H41NO. The first-order valence-corrected chi connectivity index (χ1v) is 12.4. The minimum atomic E-state index is 0.0486. The van der Waals surface area contributed by atoms with Gasteiger partial charge >= 0.3 is 0 Å².